The molecule has 4 nitrogen and oxygen atoms in total. The molecular formula is C11H9F3N2O2S2. The summed E-state index contributed by atoms with van der Waals surface area (Å²) in [5, 5.41) is 0. The molecule has 1 aromatic heterocycles. The number of sulfonamides is 1. The fraction of sp³-hybridized carbons (Fsp3) is 0.0909. The Kier molecular flexibility index (Phi) is 4.02. The average Bonchev–Trinajstić information content (AvgIpc) is 2.83. The van der Waals surface area contributed by atoms with Crippen LogP contribution in [0.25, 0.3) is 0 Å². The van der Waals surface area contributed by atoms with E-state index in [0.717, 1.165) is 11.3 Å². The molecule has 0 atom stereocenters. The summed E-state index contributed by atoms with van der Waals surface area (Å²) < 4.78 is 65.1. The van der Waals surface area contributed by atoms with E-state index >= 15 is 0 Å². The first kappa shape index (κ1) is 14.8. The Morgan fingerprint density at radius 2 is 1.75 bits per heavy atom. The van der Waals surface area contributed by atoms with Crippen LogP contribution >= 0.6 is 11.3 Å². The standard InChI is InChI=1S/C11H9F3N2O2S2/c12-6-3-8(13)11(9(14)4-6)16-20(17,18)10-2-1-7(5-15)19-10/h1-4,16H,5,15H2. The minimum Gasteiger partial charge on any atom is -0.326 e. The number of nitrogens with one attached hydrogen (secondary N) is 1. The highest BCUT2D eigenvalue weighted by Gasteiger charge is 2.21. The zero-order chi connectivity index (χ0) is 14.9. The zero-order valence-corrected chi connectivity index (χ0v) is 11.5. The Morgan fingerprint density at radius 3 is 2.25 bits per heavy atom. The van der Waals surface area contributed by atoms with Crippen LogP contribution in [-0.2, 0) is 16.6 Å². The van der Waals surface area contributed by atoms with Crippen molar-refractivity contribution in [2.24, 2.45) is 5.73 Å². The van der Waals surface area contributed by atoms with Crippen LogP contribution in [0.4, 0.5) is 18.9 Å². The molecule has 0 saturated heterocycles. The highest BCUT2D eigenvalue weighted by atomic mass is 32.2. The summed E-state index contributed by atoms with van der Waals surface area (Å²) in [4.78, 5) is 0.602. The number of thiophene rings is 1. The van der Waals surface area contributed by atoms with Gasteiger partial charge in [-0.05, 0) is 12.1 Å². The summed E-state index contributed by atoms with van der Waals surface area (Å²) in [5.74, 6) is -3.80. The summed E-state index contributed by atoms with van der Waals surface area (Å²) in [7, 11) is -4.15. The van der Waals surface area contributed by atoms with Gasteiger partial charge < -0.3 is 5.73 Å². The summed E-state index contributed by atoms with van der Waals surface area (Å²) in [6.45, 7) is 0.152. The molecule has 0 radical (unpaired) electrons. The fourth-order valence-corrected chi connectivity index (χ4v) is 3.75. The van der Waals surface area contributed by atoms with Gasteiger partial charge in [0.25, 0.3) is 10.0 Å². The van der Waals surface area contributed by atoms with Crippen molar-refractivity contribution in [2.45, 2.75) is 10.8 Å². The molecule has 20 heavy (non-hydrogen) atoms. The predicted octanol–water partition coefficient (Wildman–Crippen LogP) is 2.42. The largest absolute Gasteiger partial charge is 0.326 e. The lowest BCUT2D eigenvalue weighted by atomic mass is 10.3. The van der Waals surface area contributed by atoms with Gasteiger partial charge in [0.15, 0.2) is 11.6 Å². The maximum atomic E-state index is 13.4. The van der Waals surface area contributed by atoms with E-state index in [-0.39, 0.29) is 10.8 Å². The smallest absolute Gasteiger partial charge is 0.271 e. The van der Waals surface area contributed by atoms with Crippen LogP contribution in [0.3, 0.4) is 0 Å². The van der Waals surface area contributed by atoms with E-state index < -0.39 is 33.2 Å². The number of benzene rings is 1. The third-order valence-corrected chi connectivity index (χ3v) is 5.30. The van der Waals surface area contributed by atoms with E-state index in [9.17, 15) is 21.6 Å². The Balaban J connectivity index is 2.38. The number of rotatable bonds is 4. The molecule has 1 heterocycles. The predicted molar refractivity (Wildman–Crippen MR) is 69.3 cm³/mol. The lowest BCUT2D eigenvalue weighted by Crippen LogP contribution is -2.14. The monoisotopic (exact) mass is 322 g/mol. The zero-order valence-electron chi connectivity index (χ0n) is 9.86. The van der Waals surface area contributed by atoms with E-state index in [1.165, 1.54) is 12.1 Å². The molecule has 0 bridgehead atoms. The number of anilines is 1. The van der Waals surface area contributed by atoms with Gasteiger partial charge in [0, 0.05) is 23.6 Å². The van der Waals surface area contributed by atoms with Gasteiger partial charge in [0.05, 0.1) is 0 Å². The van der Waals surface area contributed by atoms with Crippen LogP contribution in [0.15, 0.2) is 28.5 Å². The maximum Gasteiger partial charge on any atom is 0.271 e. The van der Waals surface area contributed by atoms with Crippen molar-refractivity contribution < 1.29 is 21.6 Å². The molecule has 0 saturated carbocycles. The van der Waals surface area contributed by atoms with Gasteiger partial charge in [0.1, 0.15) is 15.7 Å². The Morgan fingerprint density at radius 1 is 1.15 bits per heavy atom. The highest BCUT2D eigenvalue weighted by molar-refractivity contribution is 7.94. The van der Waals surface area contributed by atoms with E-state index in [1.54, 1.807) is 4.72 Å². The lowest BCUT2D eigenvalue weighted by Gasteiger charge is -2.08. The number of halogens is 3. The van der Waals surface area contributed by atoms with Crippen molar-refractivity contribution in [1.29, 1.82) is 0 Å². The van der Waals surface area contributed by atoms with Gasteiger partial charge in [-0.3, -0.25) is 4.72 Å². The molecular weight excluding hydrogens is 313 g/mol. The van der Waals surface area contributed by atoms with Gasteiger partial charge in [-0.2, -0.15) is 0 Å². The molecule has 0 unspecified atom stereocenters. The number of hydrogen-bond acceptors (Lipinski definition) is 4. The molecule has 108 valence electrons. The fourth-order valence-electron chi connectivity index (χ4n) is 1.44. The van der Waals surface area contributed by atoms with E-state index in [0.29, 0.717) is 17.0 Å². The molecule has 2 rings (SSSR count). The molecule has 0 spiro atoms. The van der Waals surface area contributed by atoms with E-state index in [4.69, 9.17) is 5.73 Å². The molecule has 1 aromatic carbocycles. The van der Waals surface area contributed by atoms with Crippen LogP contribution < -0.4 is 10.5 Å². The topological polar surface area (TPSA) is 72.2 Å². The second-order valence-corrected chi connectivity index (χ2v) is 6.85. The Labute approximate surface area is 117 Å². The molecule has 0 amide bonds. The maximum absolute atomic E-state index is 13.4. The minimum absolute atomic E-state index is 0.138. The molecule has 0 aliphatic carbocycles. The number of nitrogens with two attached hydrogens (primary N) is 1. The second kappa shape index (κ2) is 5.43. The van der Waals surface area contributed by atoms with Crippen molar-refractivity contribution >= 4 is 27.0 Å². The highest BCUT2D eigenvalue weighted by Crippen LogP contribution is 2.27. The molecule has 3 N–H and O–H groups in total. The van der Waals surface area contributed by atoms with Crippen LogP contribution in [0.1, 0.15) is 4.88 Å². The van der Waals surface area contributed by atoms with E-state index in [1.807, 2.05) is 0 Å². The SMILES string of the molecule is NCc1ccc(S(=O)(=O)Nc2c(F)cc(F)cc2F)s1. The number of hydrogen-bond donors (Lipinski definition) is 2. The molecule has 0 aliphatic heterocycles. The van der Waals surface area contributed by atoms with Crippen molar-refractivity contribution in [3.05, 3.63) is 46.6 Å². The Hall–Kier alpha value is -1.58. The molecule has 9 heteroatoms. The third-order valence-electron chi connectivity index (χ3n) is 2.35. The van der Waals surface area contributed by atoms with Crippen molar-refractivity contribution in [1.82, 2.24) is 0 Å². The first-order valence-corrected chi connectivity index (χ1v) is 7.59. The van der Waals surface area contributed by atoms with Crippen LogP contribution in [0.2, 0.25) is 0 Å². The first-order valence-electron chi connectivity index (χ1n) is 5.29. The first-order chi connectivity index (χ1) is 9.33. The quantitative estimate of drug-likeness (QED) is 0.908. The van der Waals surface area contributed by atoms with Gasteiger partial charge in [-0.15, -0.1) is 11.3 Å². The van der Waals surface area contributed by atoms with Crippen molar-refractivity contribution in [2.75, 3.05) is 4.72 Å². The van der Waals surface area contributed by atoms with Crippen LogP contribution in [-0.4, -0.2) is 8.42 Å². The molecule has 0 fully saturated rings. The van der Waals surface area contributed by atoms with Gasteiger partial charge in [0.2, 0.25) is 0 Å². The average molecular weight is 322 g/mol. The van der Waals surface area contributed by atoms with Gasteiger partial charge in [-0.25, -0.2) is 21.6 Å². The van der Waals surface area contributed by atoms with Crippen LogP contribution in [0, 0.1) is 17.5 Å². The Bertz CT molecular complexity index is 721. The van der Waals surface area contributed by atoms with Crippen molar-refractivity contribution in [3.63, 3.8) is 0 Å². The summed E-state index contributed by atoms with van der Waals surface area (Å²) >= 11 is 0.879. The molecule has 0 aliphatic rings. The third kappa shape index (κ3) is 2.94. The lowest BCUT2D eigenvalue weighted by molar-refractivity contribution is 0.547. The van der Waals surface area contributed by atoms with Crippen LogP contribution in [0.5, 0.6) is 0 Å². The summed E-state index contributed by atoms with van der Waals surface area (Å²) in [5.41, 5.74) is 4.44. The second-order valence-electron chi connectivity index (χ2n) is 3.77. The molecule has 2 aromatic rings. The van der Waals surface area contributed by atoms with Gasteiger partial charge >= 0.3 is 0 Å². The minimum atomic E-state index is -4.15. The summed E-state index contributed by atoms with van der Waals surface area (Å²) in [6.07, 6.45) is 0. The summed E-state index contributed by atoms with van der Waals surface area (Å²) in [6, 6.07) is 3.55. The normalized spacial score (nSPS) is 11.6. The van der Waals surface area contributed by atoms with Gasteiger partial charge in [-0.1, -0.05) is 0 Å². The van der Waals surface area contributed by atoms with Crippen molar-refractivity contribution in [3.8, 4) is 0 Å². The van der Waals surface area contributed by atoms with E-state index in [2.05, 4.69) is 0 Å².